The minimum Gasteiger partial charge on any atom is -0.371 e. The average Bonchev–Trinajstić information content (AvgIpc) is 3.16. The van der Waals surface area contributed by atoms with Crippen LogP contribution in [0.15, 0.2) is 0 Å². The van der Waals surface area contributed by atoms with Crippen LogP contribution < -0.4 is 5.32 Å². The number of ether oxygens (including phenoxy) is 1. The van der Waals surface area contributed by atoms with Crippen molar-refractivity contribution in [1.29, 1.82) is 0 Å². The zero-order chi connectivity index (χ0) is 15.3. The Morgan fingerprint density at radius 2 is 1.90 bits per heavy atom. The summed E-state index contributed by atoms with van der Waals surface area (Å²) in [4.78, 5) is 2.74. The maximum absolute atomic E-state index is 6.26. The summed E-state index contributed by atoms with van der Waals surface area (Å²) >= 11 is 0. The summed E-state index contributed by atoms with van der Waals surface area (Å²) in [6.07, 6.45) is 5.69. The van der Waals surface area contributed by atoms with Gasteiger partial charge in [0.25, 0.3) is 0 Å². The van der Waals surface area contributed by atoms with Crippen molar-refractivity contribution in [3.05, 3.63) is 0 Å². The number of nitrogens with zero attached hydrogens (tertiary/aromatic N) is 1. The molecule has 3 fully saturated rings. The largest absolute Gasteiger partial charge is 0.371 e. The highest BCUT2D eigenvalue weighted by Crippen LogP contribution is 2.42. The summed E-state index contributed by atoms with van der Waals surface area (Å²) in [5.41, 5.74) is 0.422. The van der Waals surface area contributed by atoms with E-state index in [-0.39, 0.29) is 5.60 Å². The molecular formula is C18H34N2O. The van der Waals surface area contributed by atoms with Crippen LogP contribution in [0.1, 0.15) is 60.3 Å². The van der Waals surface area contributed by atoms with Crippen LogP contribution in [-0.4, -0.2) is 47.8 Å². The van der Waals surface area contributed by atoms with E-state index in [2.05, 4.69) is 44.8 Å². The summed E-state index contributed by atoms with van der Waals surface area (Å²) in [5.74, 6) is 1.60. The number of hydrogen-bond donors (Lipinski definition) is 1. The summed E-state index contributed by atoms with van der Waals surface area (Å²) in [6.45, 7) is 15.1. The number of hydrogen-bond acceptors (Lipinski definition) is 3. The lowest BCUT2D eigenvalue weighted by molar-refractivity contribution is -0.0487. The lowest BCUT2D eigenvalue weighted by atomic mass is 9.88. The summed E-state index contributed by atoms with van der Waals surface area (Å²) < 4.78 is 6.26. The van der Waals surface area contributed by atoms with Crippen LogP contribution in [0.4, 0.5) is 0 Å². The maximum Gasteiger partial charge on any atom is 0.0710 e. The third kappa shape index (κ3) is 3.46. The van der Waals surface area contributed by atoms with Gasteiger partial charge in [-0.3, -0.25) is 4.90 Å². The van der Waals surface area contributed by atoms with E-state index in [0.717, 1.165) is 19.0 Å². The van der Waals surface area contributed by atoms with Crippen molar-refractivity contribution in [2.75, 3.05) is 19.6 Å². The fourth-order valence-corrected chi connectivity index (χ4v) is 4.38. The predicted molar refractivity (Wildman–Crippen MR) is 87.5 cm³/mol. The maximum atomic E-state index is 6.26. The Morgan fingerprint density at radius 1 is 1.19 bits per heavy atom. The molecule has 3 atom stereocenters. The van der Waals surface area contributed by atoms with E-state index in [1.54, 1.807) is 0 Å². The van der Waals surface area contributed by atoms with Gasteiger partial charge in [-0.25, -0.2) is 0 Å². The molecule has 1 N–H and O–H groups in total. The Morgan fingerprint density at radius 3 is 2.43 bits per heavy atom. The second-order valence-electron chi connectivity index (χ2n) is 8.85. The van der Waals surface area contributed by atoms with Crippen LogP contribution in [0.2, 0.25) is 0 Å². The van der Waals surface area contributed by atoms with Gasteiger partial charge in [-0.2, -0.15) is 0 Å². The van der Waals surface area contributed by atoms with Crippen LogP contribution in [0, 0.1) is 11.8 Å². The van der Waals surface area contributed by atoms with Gasteiger partial charge < -0.3 is 10.1 Å². The average molecular weight is 294 g/mol. The zero-order valence-electron chi connectivity index (χ0n) is 14.6. The Kier molecular flexibility index (Phi) is 4.13. The van der Waals surface area contributed by atoms with Crippen molar-refractivity contribution in [3.63, 3.8) is 0 Å². The van der Waals surface area contributed by atoms with E-state index < -0.39 is 0 Å². The lowest BCUT2D eigenvalue weighted by Gasteiger charge is -2.49. The molecule has 122 valence electrons. The molecule has 1 aliphatic carbocycles. The van der Waals surface area contributed by atoms with Crippen LogP contribution in [0.25, 0.3) is 0 Å². The third-order valence-corrected chi connectivity index (χ3v) is 5.96. The van der Waals surface area contributed by atoms with Crippen molar-refractivity contribution in [1.82, 2.24) is 10.2 Å². The normalized spacial score (nSPS) is 40.9. The number of piperazine rings is 1. The number of rotatable bonds is 4. The molecule has 21 heavy (non-hydrogen) atoms. The van der Waals surface area contributed by atoms with Crippen LogP contribution in [0.3, 0.4) is 0 Å². The molecule has 0 amide bonds. The summed E-state index contributed by atoms with van der Waals surface area (Å²) in [6, 6.07) is 0.657. The fraction of sp³-hybridized carbons (Fsp3) is 1.00. The Balaban J connectivity index is 1.66. The Labute approximate surface area is 130 Å². The first-order valence-corrected chi connectivity index (χ1v) is 8.96. The molecule has 0 aromatic rings. The first-order valence-electron chi connectivity index (χ1n) is 8.96. The van der Waals surface area contributed by atoms with Crippen molar-refractivity contribution in [3.8, 4) is 0 Å². The quantitative estimate of drug-likeness (QED) is 0.862. The molecule has 1 saturated carbocycles. The van der Waals surface area contributed by atoms with Gasteiger partial charge in [-0.1, -0.05) is 13.8 Å². The minimum atomic E-state index is 0.0891. The smallest absolute Gasteiger partial charge is 0.0710 e. The SMILES string of the molecule is CC(C)C1CNC(C)(C2CC2)CN1CC1CCC(C)(C)O1. The van der Waals surface area contributed by atoms with Crippen LogP contribution in [0.5, 0.6) is 0 Å². The zero-order valence-corrected chi connectivity index (χ0v) is 14.6. The van der Waals surface area contributed by atoms with Gasteiger partial charge in [0.05, 0.1) is 11.7 Å². The molecule has 2 saturated heterocycles. The highest BCUT2D eigenvalue weighted by molar-refractivity contribution is 5.05. The van der Waals surface area contributed by atoms with E-state index >= 15 is 0 Å². The molecule has 3 nitrogen and oxygen atoms in total. The van der Waals surface area contributed by atoms with Crippen molar-refractivity contribution in [2.45, 2.75) is 83.6 Å². The molecule has 3 rings (SSSR count). The summed E-state index contributed by atoms with van der Waals surface area (Å²) in [5, 5.41) is 3.88. The molecule has 0 radical (unpaired) electrons. The van der Waals surface area contributed by atoms with E-state index in [4.69, 9.17) is 4.74 Å². The van der Waals surface area contributed by atoms with Crippen LogP contribution in [-0.2, 0) is 4.74 Å². The first-order chi connectivity index (χ1) is 9.79. The standard InChI is InChI=1S/C18H34N2O/c1-13(2)16-10-19-18(5,14-6-7-14)12-20(16)11-15-8-9-17(3,4)21-15/h13-16,19H,6-12H2,1-5H3. The molecule has 2 aliphatic heterocycles. The highest BCUT2D eigenvalue weighted by Gasteiger charge is 2.47. The second-order valence-corrected chi connectivity index (χ2v) is 8.85. The second kappa shape index (κ2) is 5.50. The van der Waals surface area contributed by atoms with Crippen LogP contribution >= 0.6 is 0 Å². The molecular weight excluding hydrogens is 260 g/mol. The Hall–Kier alpha value is -0.120. The third-order valence-electron chi connectivity index (χ3n) is 5.96. The minimum absolute atomic E-state index is 0.0891. The first kappa shape index (κ1) is 15.8. The molecule has 0 aromatic heterocycles. The molecule has 3 aliphatic rings. The van der Waals surface area contributed by atoms with Gasteiger partial charge in [0, 0.05) is 31.2 Å². The lowest BCUT2D eigenvalue weighted by Crippen LogP contribution is -2.66. The number of nitrogens with one attached hydrogen (secondary N) is 1. The topological polar surface area (TPSA) is 24.5 Å². The van der Waals surface area contributed by atoms with Gasteiger partial charge in [-0.05, 0) is 58.3 Å². The molecule has 3 unspecified atom stereocenters. The predicted octanol–water partition coefficient (Wildman–Crippen LogP) is 3.04. The van der Waals surface area contributed by atoms with E-state index in [1.807, 2.05) is 0 Å². The van der Waals surface area contributed by atoms with Crippen molar-refractivity contribution in [2.24, 2.45) is 11.8 Å². The molecule has 0 bridgehead atoms. The molecule has 0 spiro atoms. The summed E-state index contributed by atoms with van der Waals surface area (Å²) in [7, 11) is 0. The van der Waals surface area contributed by atoms with E-state index in [9.17, 15) is 0 Å². The van der Waals surface area contributed by atoms with Gasteiger partial charge in [0.1, 0.15) is 0 Å². The van der Waals surface area contributed by atoms with Gasteiger partial charge in [0.2, 0.25) is 0 Å². The van der Waals surface area contributed by atoms with Crippen molar-refractivity contribution >= 4 is 0 Å². The van der Waals surface area contributed by atoms with Gasteiger partial charge in [-0.15, -0.1) is 0 Å². The van der Waals surface area contributed by atoms with Gasteiger partial charge in [0.15, 0.2) is 0 Å². The molecule has 0 aromatic carbocycles. The van der Waals surface area contributed by atoms with E-state index in [1.165, 1.54) is 32.2 Å². The van der Waals surface area contributed by atoms with Gasteiger partial charge >= 0.3 is 0 Å². The highest BCUT2D eigenvalue weighted by atomic mass is 16.5. The fourth-order valence-electron chi connectivity index (χ4n) is 4.38. The van der Waals surface area contributed by atoms with E-state index in [0.29, 0.717) is 23.6 Å². The molecule has 2 heterocycles. The van der Waals surface area contributed by atoms with Crippen molar-refractivity contribution < 1.29 is 4.74 Å². The monoisotopic (exact) mass is 294 g/mol. The molecule has 3 heteroatoms. The Bertz CT molecular complexity index is 377.